The van der Waals surface area contributed by atoms with Crippen LogP contribution >= 0.6 is 0 Å². The maximum atomic E-state index is 4.55. The number of nitrogens with zero attached hydrogens (tertiary/aromatic N) is 6. The van der Waals surface area contributed by atoms with Crippen molar-refractivity contribution < 1.29 is 0 Å². The summed E-state index contributed by atoms with van der Waals surface area (Å²) in [5.41, 5.74) is 4.25. The van der Waals surface area contributed by atoms with Crippen LogP contribution < -0.4 is 0 Å². The SMILES string of the molecule is c1cnc(-n2c3ccccc3c3cc4c5ccccc5n(-c5ncccn5)c4cc32)nc1. The van der Waals surface area contributed by atoms with E-state index in [1.807, 2.05) is 24.3 Å². The highest BCUT2D eigenvalue weighted by molar-refractivity contribution is 6.18. The molecule has 0 aliphatic rings. The molecule has 32 heavy (non-hydrogen) atoms. The van der Waals surface area contributed by atoms with Crippen molar-refractivity contribution in [2.75, 3.05) is 0 Å². The molecule has 0 spiro atoms. The molecule has 0 aliphatic heterocycles. The standard InChI is InChI=1S/C26H16N6/c1-3-9-21-17(7-1)19-15-20-18-8-2-4-10-22(18)32(26-29-13-6-14-30-26)24(20)16-23(19)31(21)25-27-11-5-12-28-25/h1-16H. The zero-order valence-corrected chi connectivity index (χ0v) is 16.9. The van der Waals surface area contributed by atoms with Crippen LogP contribution in [0.1, 0.15) is 0 Å². The molecule has 0 saturated heterocycles. The number of benzene rings is 3. The van der Waals surface area contributed by atoms with Crippen molar-refractivity contribution in [3.05, 3.63) is 97.6 Å². The number of aromatic nitrogens is 6. The average Bonchev–Trinajstić information content (AvgIpc) is 3.36. The first-order valence-corrected chi connectivity index (χ1v) is 10.4. The molecule has 0 bridgehead atoms. The van der Waals surface area contributed by atoms with Gasteiger partial charge in [-0.05, 0) is 36.4 Å². The Balaban J connectivity index is 1.71. The monoisotopic (exact) mass is 412 g/mol. The first kappa shape index (κ1) is 17.1. The van der Waals surface area contributed by atoms with Crippen LogP contribution in [0.2, 0.25) is 0 Å². The van der Waals surface area contributed by atoms with Gasteiger partial charge in [-0.1, -0.05) is 36.4 Å². The van der Waals surface area contributed by atoms with Gasteiger partial charge >= 0.3 is 0 Å². The Labute approximate surface area is 182 Å². The number of fused-ring (bicyclic) bond motifs is 6. The first-order valence-electron chi connectivity index (χ1n) is 10.4. The molecule has 7 rings (SSSR count). The maximum absolute atomic E-state index is 4.55. The zero-order chi connectivity index (χ0) is 21.1. The van der Waals surface area contributed by atoms with Gasteiger partial charge in [-0.2, -0.15) is 0 Å². The third kappa shape index (κ3) is 2.29. The highest BCUT2D eigenvalue weighted by Crippen LogP contribution is 2.38. The summed E-state index contributed by atoms with van der Waals surface area (Å²) in [6.07, 6.45) is 7.10. The minimum atomic E-state index is 0.650. The van der Waals surface area contributed by atoms with Crippen molar-refractivity contribution in [2.24, 2.45) is 0 Å². The fraction of sp³-hybridized carbons (Fsp3) is 0. The van der Waals surface area contributed by atoms with Crippen LogP contribution in [0.25, 0.3) is 55.5 Å². The lowest BCUT2D eigenvalue weighted by Crippen LogP contribution is -2.01. The summed E-state index contributed by atoms with van der Waals surface area (Å²) < 4.78 is 4.25. The Bertz CT molecular complexity index is 1640. The minimum Gasteiger partial charge on any atom is -0.278 e. The molecule has 0 saturated carbocycles. The molecule has 0 atom stereocenters. The minimum absolute atomic E-state index is 0.650. The van der Waals surface area contributed by atoms with Crippen molar-refractivity contribution in [2.45, 2.75) is 0 Å². The lowest BCUT2D eigenvalue weighted by atomic mass is 10.1. The number of hydrogen-bond acceptors (Lipinski definition) is 4. The Kier molecular flexibility index (Phi) is 3.46. The Morgan fingerprint density at radius 2 is 0.844 bits per heavy atom. The summed E-state index contributed by atoms with van der Waals surface area (Å²) >= 11 is 0. The van der Waals surface area contributed by atoms with Crippen LogP contribution in [-0.2, 0) is 0 Å². The number of para-hydroxylation sites is 2. The van der Waals surface area contributed by atoms with Crippen LogP contribution in [0.15, 0.2) is 97.6 Å². The van der Waals surface area contributed by atoms with Gasteiger partial charge in [-0.15, -0.1) is 0 Å². The van der Waals surface area contributed by atoms with Crippen molar-refractivity contribution in [3.8, 4) is 11.9 Å². The molecule has 7 aromatic rings. The van der Waals surface area contributed by atoms with Crippen LogP contribution in [0, 0.1) is 0 Å². The molecule has 4 aromatic heterocycles. The molecule has 0 fully saturated rings. The highest BCUT2D eigenvalue weighted by Gasteiger charge is 2.19. The largest absolute Gasteiger partial charge is 0.278 e. The fourth-order valence-corrected chi connectivity index (χ4v) is 4.68. The third-order valence-corrected chi connectivity index (χ3v) is 5.97. The van der Waals surface area contributed by atoms with E-state index in [0.29, 0.717) is 11.9 Å². The molecule has 0 unspecified atom stereocenters. The molecule has 6 nitrogen and oxygen atoms in total. The molecular formula is C26H16N6. The van der Waals surface area contributed by atoms with Gasteiger partial charge in [-0.25, -0.2) is 19.9 Å². The van der Waals surface area contributed by atoms with E-state index in [0.717, 1.165) is 32.8 Å². The second-order valence-electron chi connectivity index (χ2n) is 7.69. The molecule has 3 aromatic carbocycles. The molecule has 0 N–H and O–H groups in total. The van der Waals surface area contributed by atoms with Crippen molar-refractivity contribution in [1.82, 2.24) is 29.1 Å². The summed E-state index contributed by atoms with van der Waals surface area (Å²) in [7, 11) is 0. The van der Waals surface area contributed by atoms with E-state index < -0.39 is 0 Å². The number of hydrogen-bond donors (Lipinski definition) is 0. The zero-order valence-electron chi connectivity index (χ0n) is 16.9. The fourth-order valence-electron chi connectivity index (χ4n) is 4.68. The van der Waals surface area contributed by atoms with E-state index in [2.05, 4.69) is 77.6 Å². The van der Waals surface area contributed by atoms with Gasteiger partial charge in [0.15, 0.2) is 0 Å². The van der Waals surface area contributed by atoms with Crippen LogP contribution in [0.5, 0.6) is 0 Å². The summed E-state index contributed by atoms with van der Waals surface area (Å²) in [6, 6.07) is 24.9. The van der Waals surface area contributed by atoms with Crippen molar-refractivity contribution in [3.63, 3.8) is 0 Å². The van der Waals surface area contributed by atoms with E-state index in [1.54, 1.807) is 24.8 Å². The Hall–Kier alpha value is -4.58. The molecule has 150 valence electrons. The predicted molar refractivity (Wildman–Crippen MR) is 126 cm³/mol. The second-order valence-corrected chi connectivity index (χ2v) is 7.69. The summed E-state index contributed by atoms with van der Waals surface area (Å²) in [5.74, 6) is 1.30. The van der Waals surface area contributed by atoms with E-state index in [-0.39, 0.29) is 0 Å². The topological polar surface area (TPSA) is 61.4 Å². The summed E-state index contributed by atoms with van der Waals surface area (Å²) in [6.45, 7) is 0. The molecule has 0 amide bonds. The second kappa shape index (κ2) is 6.46. The highest BCUT2D eigenvalue weighted by atomic mass is 15.2. The van der Waals surface area contributed by atoms with Crippen LogP contribution in [-0.4, -0.2) is 29.1 Å². The normalized spacial score (nSPS) is 11.8. The lowest BCUT2D eigenvalue weighted by molar-refractivity contribution is 0.981. The van der Waals surface area contributed by atoms with E-state index >= 15 is 0 Å². The Morgan fingerprint density at radius 3 is 1.31 bits per heavy atom. The third-order valence-electron chi connectivity index (χ3n) is 5.97. The van der Waals surface area contributed by atoms with Crippen LogP contribution in [0.3, 0.4) is 0 Å². The average molecular weight is 412 g/mol. The van der Waals surface area contributed by atoms with E-state index in [1.165, 1.54) is 10.8 Å². The summed E-state index contributed by atoms with van der Waals surface area (Å²) in [4.78, 5) is 18.2. The molecule has 0 radical (unpaired) electrons. The lowest BCUT2D eigenvalue weighted by Gasteiger charge is -2.07. The van der Waals surface area contributed by atoms with Crippen molar-refractivity contribution in [1.29, 1.82) is 0 Å². The molecular weight excluding hydrogens is 396 g/mol. The van der Waals surface area contributed by atoms with Gasteiger partial charge in [0, 0.05) is 46.3 Å². The van der Waals surface area contributed by atoms with Gasteiger partial charge in [-0.3, -0.25) is 9.13 Å². The maximum Gasteiger partial charge on any atom is 0.234 e. The van der Waals surface area contributed by atoms with Crippen LogP contribution in [0.4, 0.5) is 0 Å². The molecule has 0 aliphatic carbocycles. The number of rotatable bonds is 2. The molecule has 4 heterocycles. The van der Waals surface area contributed by atoms with Gasteiger partial charge in [0.05, 0.1) is 22.1 Å². The van der Waals surface area contributed by atoms with E-state index in [9.17, 15) is 0 Å². The summed E-state index contributed by atoms with van der Waals surface area (Å²) in [5, 5.41) is 4.67. The Morgan fingerprint density at radius 1 is 0.406 bits per heavy atom. The van der Waals surface area contributed by atoms with Gasteiger partial charge in [0.25, 0.3) is 0 Å². The molecule has 6 heteroatoms. The van der Waals surface area contributed by atoms with E-state index in [4.69, 9.17) is 0 Å². The van der Waals surface area contributed by atoms with Crippen molar-refractivity contribution >= 4 is 43.6 Å². The quantitative estimate of drug-likeness (QED) is 0.378. The smallest absolute Gasteiger partial charge is 0.234 e. The van der Waals surface area contributed by atoms with Gasteiger partial charge < -0.3 is 0 Å². The predicted octanol–water partition coefficient (Wildman–Crippen LogP) is 5.46. The first-order chi connectivity index (χ1) is 15.9. The van der Waals surface area contributed by atoms with Gasteiger partial charge in [0.1, 0.15) is 0 Å². The van der Waals surface area contributed by atoms with Gasteiger partial charge in [0.2, 0.25) is 11.9 Å².